The molecule has 2 aromatic heterocycles. The Labute approximate surface area is 139 Å². The number of aryl methyl sites for hydroxylation is 2. The zero-order valence-electron chi connectivity index (χ0n) is 13.1. The van der Waals surface area contributed by atoms with E-state index in [1.165, 1.54) is 43.9 Å². The van der Waals surface area contributed by atoms with Gasteiger partial charge in [-0.2, -0.15) is 0 Å². The molecule has 0 saturated carbocycles. The highest BCUT2D eigenvalue weighted by Gasteiger charge is 2.24. The fraction of sp³-hybridized carbons (Fsp3) is 0.150. The largest absolute Gasteiger partial charge is 0.296 e. The van der Waals surface area contributed by atoms with E-state index in [0.717, 1.165) is 11.4 Å². The molecule has 3 heteroatoms. The van der Waals surface area contributed by atoms with Crippen LogP contribution in [0, 0.1) is 13.8 Å². The third kappa shape index (κ3) is 1.68. The van der Waals surface area contributed by atoms with Crippen molar-refractivity contribution < 1.29 is 0 Å². The number of pyridine rings is 1. The molecule has 1 aliphatic rings. The second-order valence-electron chi connectivity index (χ2n) is 6.11. The van der Waals surface area contributed by atoms with Gasteiger partial charge < -0.3 is 0 Å². The molecule has 0 spiro atoms. The molecule has 3 heterocycles. The molecule has 5 rings (SSSR count). The van der Waals surface area contributed by atoms with E-state index in [-0.39, 0.29) is 0 Å². The van der Waals surface area contributed by atoms with E-state index < -0.39 is 0 Å². The Morgan fingerprint density at radius 1 is 0.957 bits per heavy atom. The molecule has 0 saturated heterocycles. The van der Waals surface area contributed by atoms with Gasteiger partial charge in [0.25, 0.3) is 0 Å². The van der Waals surface area contributed by atoms with Crippen LogP contribution in [0.25, 0.3) is 27.7 Å². The minimum atomic E-state index is 0.945. The fourth-order valence-electron chi connectivity index (χ4n) is 3.65. The Morgan fingerprint density at radius 3 is 2.57 bits per heavy atom. The molecule has 0 bridgehead atoms. The van der Waals surface area contributed by atoms with E-state index in [2.05, 4.69) is 66.8 Å². The van der Waals surface area contributed by atoms with Gasteiger partial charge in [0.05, 0.1) is 11.4 Å². The van der Waals surface area contributed by atoms with Crippen molar-refractivity contribution in [1.29, 1.82) is 0 Å². The smallest absolute Gasteiger partial charge is 0.145 e. The van der Waals surface area contributed by atoms with Gasteiger partial charge in [-0.1, -0.05) is 42.5 Å². The van der Waals surface area contributed by atoms with Crippen LogP contribution in [-0.2, 0) is 5.75 Å². The van der Waals surface area contributed by atoms with Crippen LogP contribution in [0.2, 0.25) is 0 Å². The Bertz CT molecular complexity index is 1090. The van der Waals surface area contributed by atoms with Crippen LogP contribution in [0.5, 0.6) is 0 Å². The lowest BCUT2D eigenvalue weighted by atomic mass is 10.0. The molecule has 0 N–H and O–H groups in total. The molecule has 0 unspecified atom stereocenters. The normalized spacial score (nSPS) is 13.3. The highest BCUT2D eigenvalue weighted by Crippen LogP contribution is 2.43. The Morgan fingerprint density at radius 2 is 1.70 bits per heavy atom. The first-order chi connectivity index (χ1) is 11.3. The highest BCUT2D eigenvalue weighted by molar-refractivity contribution is 7.98. The van der Waals surface area contributed by atoms with E-state index in [1.807, 2.05) is 11.8 Å². The average molecular weight is 316 g/mol. The van der Waals surface area contributed by atoms with Gasteiger partial charge in [0.1, 0.15) is 5.65 Å². The summed E-state index contributed by atoms with van der Waals surface area (Å²) >= 11 is 1.89. The number of benzene rings is 2. The minimum Gasteiger partial charge on any atom is -0.296 e. The van der Waals surface area contributed by atoms with Crippen molar-refractivity contribution in [2.45, 2.75) is 24.5 Å². The number of rotatable bonds is 0. The maximum Gasteiger partial charge on any atom is 0.145 e. The van der Waals surface area contributed by atoms with Crippen molar-refractivity contribution in [3.8, 4) is 11.3 Å². The van der Waals surface area contributed by atoms with Crippen molar-refractivity contribution in [1.82, 2.24) is 9.38 Å². The topological polar surface area (TPSA) is 17.3 Å². The van der Waals surface area contributed by atoms with E-state index in [9.17, 15) is 0 Å². The first-order valence-corrected chi connectivity index (χ1v) is 8.85. The molecule has 0 radical (unpaired) electrons. The quantitative estimate of drug-likeness (QED) is 0.433. The summed E-state index contributed by atoms with van der Waals surface area (Å²) in [4.78, 5) is 6.38. The Balaban J connectivity index is 2.02. The van der Waals surface area contributed by atoms with Crippen molar-refractivity contribution in [3.05, 3.63) is 65.5 Å². The Kier molecular flexibility index (Phi) is 2.65. The van der Waals surface area contributed by atoms with E-state index in [0.29, 0.717) is 0 Å². The van der Waals surface area contributed by atoms with Gasteiger partial charge >= 0.3 is 0 Å². The first kappa shape index (κ1) is 13.2. The molecule has 0 amide bonds. The molecular weight excluding hydrogens is 300 g/mol. The van der Waals surface area contributed by atoms with Crippen LogP contribution < -0.4 is 0 Å². The van der Waals surface area contributed by atoms with Gasteiger partial charge in [-0.05, 0) is 30.9 Å². The lowest BCUT2D eigenvalue weighted by molar-refractivity contribution is 1.07. The summed E-state index contributed by atoms with van der Waals surface area (Å²) in [5.74, 6) is 0.945. The molecular formula is C20H16N2S. The second-order valence-corrected chi connectivity index (χ2v) is 7.12. The molecule has 23 heavy (non-hydrogen) atoms. The van der Waals surface area contributed by atoms with Crippen molar-refractivity contribution in [3.63, 3.8) is 0 Å². The third-order valence-corrected chi connectivity index (χ3v) is 5.99. The number of aromatic nitrogens is 2. The molecule has 1 aliphatic heterocycles. The van der Waals surface area contributed by atoms with Crippen LogP contribution in [0.15, 0.2) is 53.4 Å². The van der Waals surface area contributed by atoms with E-state index >= 15 is 0 Å². The van der Waals surface area contributed by atoms with Gasteiger partial charge in [-0.3, -0.25) is 4.40 Å². The maximum absolute atomic E-state index is 5.02. The molecule has 2 aromatic carbocycles. The summed E-state index contributed by atoms with van der Waals surface area (Å²) in [7, 11) is 0. The van der Waals surface area contributed by atoms with Gasteiger partial charge in [0.15, 0.2) is 0 Å². The van der Waals surface area contributed by atoms with Crippen molar-refractivity contribution in [2.75, 3.05) is 0 Å². The maximum atomic E-state index is 5.02. The van der Waals surface area contributed by atoms with Gasteiger partial charge in [0.2, 0.25) is 0 Å². The van der Waals surface area contributed by atoms with E-state index in [4.69, 9.17) is 4.98 Å². The summed E-state index contributed by atoms with van der Waals surface area (Å²) in [6.07, 6.45) is 0. The van der Waals surface area contributed by atoms with Crippen LogP contribution in [-0.4, -0.2) is 9.38 Å². The molecule has 0 aliphatic carbocycles. The number of hydrogen-bond acceptors (Lipinski definition) is 2. The predicted molar refractivity (Wildman–Crippen MR) is 97.2 cm³/mol. The molecule has 0 fully saturated rings. The van der Waals surface area contributed by atoms with Crippen LogP contribution >= 0.6 is 11.8 Å². The summed E-state index contributed by atoms with van der Waals surface area (Å²) in [6, 6.07) is 17.3. The van der Waals surface area contributed by atoms with Gasteiger partial charge in [0, 0.05) is 27.3 Å². The number of nitrogens with zero attached hydrogens (tertiary/aromatic N) is 2. The molecule has 112 valence electrons. The molecule has 0 atom stereocenters. The number of hydrogen-bond donors (Lipinski definition) is 0. The molecule has 4 aromatic rings. The van der Waals surface area contributed by atoms with Gasteiger partial charge in [-0.15, -0.1) is 11.8 Å². The zero-order valence-corrected chi connectivity index (χ0v) is 13.9. The van der Waals surface area contributed by atoms with Gasteiger partial charge in [-0.25, -0.2) is 4.98 Å². The fourth-order valence-corrected chi connectivity index (χ4v) is 4.64. The minimum absolute atomic E-state index is 0.945. The summed E-state index contributed by atoms with van der Waals surface area (Å²) in [5.41, 5.74) is 7.50. The highest BCUT2D eigenvalue weighted by atomic mass is 32.2. The number of thioether (sulfide) groups is 1. The summed E-state index contributed by atoms with van der Waals surface area (Å²) in [6.45, 7) is 4.42. The van der Waals surface area contributed by atoms with Crippen molar-refractivity contribution >= 4 is 28.2 Å². The zero-order chi connectivity index (χ0) is 15.6. The summed E-state index contributed by atoms with van der Waals surface area (Å²) < 4.78 is 2.37. The van der Waals surface area contributed by atoms with Crippen LogP contribution in [0.4, 0.5) is 0 Å². The van der Waals surface area contributed by atoms with Crippen LogP contribution in [0.3, 0.4) is 0 Å². The first-order valence-electron chi connectivity index (χ1n) is 7.87. The number of fused-ring (bicyclic) bond motifs is 7. The second kappa shape index (κ2) is 4.62. The standard InChI is InChI=1S/C20H16N2S/c1-12-13(2)22-19-16-9-5-6-10-18(16)23-11-17(19)21-20(22)15-8-4-3-7-14(12)15/h3-10H,11H2,1-2H3. The molecule has 2 nitrogen and oxygen atoms in total. The summed E-state index contributed by atoms with van der Waals surface area (Å²) in [5, 5.41) is 2.55. The Hall–Kier alpha value is -2.26. The van der Waals surface area contributed by atoms with Crippen LogP contribution in [0.1, 0.15) is 17.0 Å². The SMILES string of the molecule is Cc1c(C)n2c3c(nc2c2ccccc12)CSc1ccccc1-3. The van der Waals surface area contributed by atoms with E-state index in [1.54, 1.807) is 0 Å². The lowest BCUT2D eigenvalue weighted by Crippen LogP contribution is -2.01. The van der Waals surface area contributed by atoms with Crippen molar-refractivity contribution in [2.24, 2.45) is 0 Å². The lowest BCUT2D eigenvalue weighted by Gasteiger charge is -2.17. The average Bonchev–Trinajstić information content (AvgIpc) is 3.00. The third-order valence-electron chi connectivity index (χ3n) is 4.91. The predicted octanol–water partition coefficient (Wildman–Crippen LogP) is 5.38. The number of imidazole rings is 1. The monoisotopic (exact) mass is 316 g/mol.